The molecule has 1 N–H and O–H groups in total. The molecule has 1 atom stereocenters. The Labute approximate surface area is 109 Å². The van der Waals surface area contributed by atoms with E-state index < -0.39 is 23.8 Å². The van der Waals surface area contributed by atoms with Crippen LogP contribution in [0.1, 0.15) is 13.8 Å². The highest BCUT2D eigenvalue weighted by atomic mass is 35.5. The Hall–Kier alpha value is -1.88. The Morgan fingerprint density at radius 1 is 1.22 bits per heavy atom. The number of rotatable bonds is 4. The van der Waals surface area contributed by atoms with Crippen LogP contribution >= 0.6 is 11.6 Å². The molecule has 0 bridgehead atoms. The van der Waals surface area contributed by atoms with Gasteiger partial charge in [0.15, 0.2) is 5.78 Å². The van der Waals surface area contributed by atoms with Gasteiger partial charge in [-0.25, -0.2) is 0 Å². The van der Waals surface area contributed by atoms with Crippen molar-refractivity contribution in [2.75, 3.05) is 5.32 Å². The number of carbonyl (C=O) groups is 3. The lowest BCUT2D eigenvalue weighted by atomic mass is 10.2. The van der Waals surface area contributed by atoms with E-state index in [-0.39, 0.29) is 0 Å². The second-order valence-corrected chi connectivity index (χ2v) is 3.98. The molecule has 0 aromatic heterocycles. The van der Waals surface area contributed by atoms with Crippen LogP contribution in [0.3, 0.4) is 0 Å². The van der Waals surface area contributed by atoms with Gasteiger partial charge >= 0.3 is 5.97 Å². The number of amides is 1. The van der Waals surface area contributed by atoms with Crippen LogP contribution in [0.25, 0.3) is 0 Å². The fourth-order valence-corrected chi connectivity index (χ4v) is 1.43. The fraction of sp³-hybridized carbons (Fsp3) is 0.250. The third-order valence-electron chi connectivity index (χ3n) is 2.02. The van der Waals surface area contributed by atoms with Crippen molar-refractivity contribution in [3.63, 3.8) is 0 Å². The molecule has 18 heavy (non-hydrogen) atoms. The number of esters is 1. The van der Waals surface area contributed by atoms with E-state index in [9.17, 15) is 14.4 Å². The summed E-state index contributed by atoms with van der Waals surface area (Å²) in [6.45, 7) is 2.29. The molecule has 0 saturated carbocycles. The third kappa shape index (κ3) is 3.85. The maximum Gasteiger partial charge on any atom is 0.303 e. The number of halogens is 1. The SMILES string of the molecule is CC(=O)OC(C(C)=O)C(=O)Nc1ccccc1Cl. The molecule has 0 spiro atoms. The molecule has 1 amide bonds. The van der Waals surface area contributed by atoms with E-state index in [0.717, 1.165) is 6.92 Å². The second-order valence-electron chi connectivity index (χ2n) is 3.57. The Morgan fingerprint density at radius 2 is 1.83 bits per heavy atom. The Morgan fingerprint density at radius 3 is 2.33 bits per heavy atom. The van der Waals surface area contributed by atoms with Gasteiger partial charge in [0.25, 0.3) is 5.91 Å². The molecule has 0 fully saturated rings. The van der Waals surface area contributed by atoms with Gasteiger partial charge in [-0.1, -0.05) is 23.7 Å². The van der Waals surface area contributed by atoms with Crippen LogP contribution in [0.4, 0.5) is 5.69 Å². The van der Waals surface area contributed by atoms with E-state index in [1.807, 2.05) is 0 Å². The smallest absolute Gasteiger partial charge is 0.303 e. The number of carbonyl (C=O) groups excluding carboxylic acids is 3. The number of anilines is 1. The first-order valence-electron chi connectivity index (χ1n) is 5.15. The topological polar surface area (TPSA) is 72.5 Å². The molecule has 1 aromatic rings. The van der Waals surface area contributed by atoms with Crippen molar-refractivity contribution in [1.29, 1.82) is 0 Å². The lowest BCUT2D eigenvalue weighted by Crippen LogP contribution is -2.37. The van der Waals surface area contributed by atoms with E-state index in [0.29, 0.717) is 10.7 Å². The summed E-state index contributed by atoms with van der Waals surface area (Å²) in [6, 6.07) is 6.54. The predicted octanol–water partition coefficient (Wildman–Crippen LogP) is 1.80. The lowest BCUT2D eigenvalue weighted by molar-refractivity contribution is -0.157. The van der Waals surface area contributed by atoms with E-state index in [2.05, 4.69) is 10.1 Å². The van der Waals surface area contributed by atoms with E-state index >= 15 is 0 Å². The summed E-state index contributed by atoms with van der Waals surface area (Å²) in [4.78, 5) is 33.8. The Bertz CT molecular complexity index is 487. The average Bonchev–Trinajstić information content (AvgIpc) is 2.28. The van der Waals surface area contributed by atoms with Gasteiger partial charge in [0, 0.05) is 6.92 Å². The molecule has 96 valence electrons. The molecule has 0 heterocycles. The summed E-state index contributed by atoms with van der Waals surface area (Å²) in [5.41, 5.74) is 0.350. The number of para-hydroxylation sites is 1. The van der Waals surface area contributed by atoms with Crippen LogP contribution < -0.4 is 5.32 Å². The quantitative estimate of drug-likeness (QED) is 0.668. The molecule has 0 aliphatic heterocycles. The largest absolute Gasteiger partial charge is 0.444 e. The van der Waals surface area contributed by atoms with Gasteiger partial charge in [-0.05, 0) is 19.1 Å². The van der Waals surface area contributed by atoms with Crippen molar-refractivity contribution in [2.24, 2.45) is 0 Å². The molecule has 1 rings (SSSR count). The number of hydrogen-bond acceptors (Lipinski definition) is 4. The maximum atomic E-state index is 11.8. The number of hydrogen-bond donors (Lipinski definition) is 1. The van der Waals surface area contributed by atoms with Gasteiger partial charge in [0.2, 0.25) is 6.10 Å². The highest BCUT2D eigenvalue weighted by Crippen LogP contribution is 2.20. The van der Waals surface area contributed by atoms with Crippen molar-refractivity contribution < 1.29 is 19.1 Å². The van der Waals surface area contributed by atoms with Crippen molar-refractivity contribution in [3.05, 3.63) is 29.3 Å². The van der Waals surface area contributed by atoms with E-state index in [1.165, 1.54) is 6.92 Å². The number of nitrogens with one attached hydrogen (secondary N) is 1. The highest BCUT2D eigenvalue weighted by Gasteiger charge is 2.26. The first-order valence-corrected chi connectivity index (χ1v) is 5.52. The molecule has 0 aliphatic carbocycles. The molecule has 1 unspecified atom stereocenters. The fourth-order valence-electron chi connectivity index (χ4n) is 1.25. The summed E-state index contributed by atoms with van der Waals surface area (Å²) < 4.78 is 4.64. The maximum absolute atomic E-state index is 11.8. The van der Waals surface area contributed by atoms with E-state index in [4.69, 9.17) is 11.6 Å². The zero-order chi connectivity index (χ0) is 13.7. The minimum atomic E-state index is -1.46. The molecule has 5 nitrogen and oxygen atoms in total. The van der Waals surface area contributed by atoms with Crippen molar-refractivity contribution in [3.8, 4) is 0 Å². The highest BCUT2D eigenvalue weighted by molar-refractivity contribution is 6.33. The van der Waals surface area contributed by atoms with Crippen molar-refractivity contribution in [2.45, 2.75) is 20.0 Å². The van der Waals surface area contributed by atoms with Gasteiger partial charge in [-0.3, -0.25) is 14.4 Å². The zero-order valence-electron chi connectivity index (χ0n) is 9.90. The minimum Gasteiger partial charge on any atom is -0.444 e. The minimum absolute atomic E-state index is 0.330. The zero-order valence-corrected chi connectivity index (χ0v) is 10.7. The van der Waals surface area contributed by atoms with Crippen LogP contribution in [0.15, 0.2) is 24.3 Å². The normalized spacial score (nSPS) is 11.5. The average molecular weight is 270 g/mol. The summed E-state index contributed by atoms with van der Waals surface area (Å²) in [5.74, 6) is -2.00. The number of ether oxygens (including phenoxy) is 1. The van der Waals surface area contributed by atoms with E-state index in [1.54, 1.807) is 24.3 Å². The second kappa shape index (κ2) is 6.16. The molecular formula is C12H12ClNO4. The monoisotopic (exact) mass is 269 g/mol. The van der Waals surface area contributed by atoms with Gasteiger partial charge in [0.1, 0.15) is 0 Å². The summed E-state index contributed by atoms with van der Waals surface area (Å²) in [7, 11) is 0. The first-order chi connectivity index (χ1) is 8.41. The number of benzene rings is 1. The molecule has 6 heteroatoms. The number of Topliss-reactive ketones (excluding diaryl/α,β-unsaturated/α-hetero) is 1. The van der Waals surface area contributed by atoms with Gasteiger partial charge in [-0.15, -0.1) is 0 Å². The van der Waals surface area contributed by atoms with Crippen LogP contribution in [0.5, 0.6) is 0 Å². The standard InChI is InChI=1S/C12H12ClNO4/c1-7(15)11(18-8(2)16)12(17)14-10-6-4-3-5-9(10)13/h3-6,11H,1-2H3,(H,14,17). The Balaban J connectivity index is 2.82. The molecule has 0 aliphatic rings. The van der Waals surface area contributed by atoms with Crippen LogP contribution in [0, 0.1) is 0 Å². The molecule has 0 radical (unpaired) electrons. The van der Waals surface area contributed by atoms with Crippen molar-refractivity contribution >= 4 is 34.9 Å². The van der Waals surface area contributed by atoms with Gasteiger partial charge < -0.3 is 10.1 Å². The summed E-state index contributed by atoms with van der Waals surface area (Å²) >= 11 is 5.85. The van der Waals surface area contributed by atoms with Gasteiger partial charge in [0.05, 0.1) is 10.7 Å². The molecule has 1 aromatic carbocycles. The van der Waals surface area contributed by atoms with Crippen LogP contribution in [-0.2, 0) is 19.1 Å². The van der Waals surface area contributed by atoms with Crippen LogP contribution in [0.2, 0.25) is 5.02 Å². The lowest BCUT2D eigenvalue weighted by Gasteiger charge is -2.14. The van der Waals surface area contributed by atoms with Gasteiger partial charge in [-0.2, -0.15) is 0 Å². The number of ketones is 1. The summed E-state index contributed by atoms with van der Waals surface area (Å²) in [5, 5.41) is 2.76. The predicted molar refractivity (Wildman–Crippen MR) is 66.3 cm³/mol. The Kier molecular flexibility index (Phi) is 4.85. The first kappa shape index (κ1) is 14.2. The molecular weight excluding hydrogens is 258 g/mol. The molecule has 0 saturated heterocycles. The third-order valence-corrected chi connectivity index (χ3v) is 2.35. The van der Waals surface area contributed by atoms with Crippen molar-refractivity contribution in [1.82, 2.24) is 0 Å². The summed E-state index contributed by atoms with van der Waals surface area (Å²) in [6.07, 6.45) is -1.46. The van der Waals surface area contributed by atoms with Crippen LogP contribution in [-0.4, -0.2) is 23.8 Å².